The summed E-state index contributed by atoms with van der Waals surface area (Å²) in [5, 5.41) is 9.03. The highest BCUT2D eigenvalue weighted by atomic mass is 32.2. The summed E-state index contributed by atoms with van der Waals surface area (Å²) in [6.07, 6.45) is 2.10. The van der Waals surface area contributed by atoms with Gasteiger partial charge in [-0.2, -0.15) is 0 Å². The summed E-state index contributed by atoms with van der Waals surface area (Å²) in [7, 11) is -7.11. The van der Waals surface area contributed by atoms with Gasteiger partial charge in [-0.3, -0.25) is 0 Å². The van der Waals surface area contributed by atoms with E-state index in [0.29, 0.717) is 22.4 Å². The molecule has 1 aliphatic rings. The van der Waals surface area contributed by atoms with Crippen molar-refractivity contribution in [3.05, 3.63) is 18.2 Å². The SMILES string of the molecule is CS(=O)(=O)c1ccc(Sc2nnc(N3CCOCC3)s2)c(S(C)(=O)=O)c1. The molecule has 1 fully saturated rings. The molecule has 0 radical (unpaired) electrons. The summed E-state index contributed by atoms with van der Waals surface area (Å²) in [5.41, 5.74) is 0. The van der Waals surface area contributed by atoms with Crippen molar-refractivity contribution in [3.63, 3.8) is 0 Å². The molecule has 3 rings (SSSR count). The van der Waals surface area contributed by atoms with E-state index in [1.807, 2.05) is 0 Å². The van der Waals surface area contributed by atoms with Crippen molar-refractivity contribution in [2.75, 3.05) is 43.7 Å². The van der Waals surface area contributed by atoms with Crippen LogP contribution in [0.2, 0.25) is 0 Å². The van der Waals surface area contributed by atoms with Crippen molar-refractivity contribution in [1.29, 1.82) is 0 Å². The molecule has 26 heavy (non-hydrogen) atoms. The summed E-state index contributed by atoms with van der Waals surface area (Å²) in [6.45, 7) is 2.73. The molecule has 0 spiro atoms. The standard InChI is InChI=1S/C14H17N3O5S4/c1-25(18,19)10-3-4-11(12(9-10)26(2,20)21)23-14-16-15-13(24-14)17-5-7-22-8-6-17/h3-4,9H,5-8H2,1-2H3. The second-order valence-electron chi connectivity index (χ2n) is 5.70. The van der Waals surface area contributed by atoms with E-state index in [9.17, 15) is 16.8 Å². The zero-order chi connectivity index (χ0) is 18.9. The van der Waals surface area contributed by atoms with Gasteiger partial charge >= 0.3 is 0 Å². The van der Waals surface area contributed by atoms with E-state index in [1.54, 1.807) is 0 Å². The Hall–Kier alpha value is -1.21. The quantitative estimate of drug-likeness (QED) is 0.687. The molecular weight excluding hydrogens is 418 g/mol. The summed E-state index contributed by atoms with van der Waals surface area (Å²) in [5.74, 6) is 0. The van der Waals surface area contributed by atoms with Gasteiger partial charge in [0.05, 0.1) is 23.0 Å². The van der Waals surface area contributed by atoms with Crippen molar-refractivity contribution in [2.24, 2.45) is 0 Å². The molecule has 0 N–H and O–H groups in total. The monoisotopic (exact) mass is 435 g/mol. The van der Waals surface area contributed by atoms with Crippen molar-refractivity contribution >= 4 is 47.9 Å². The second-order valence-corrected chi connectivity index (χ2v) is 11.9. The van der Waals surface area contributed by atoms with Crippen molar-refractivity contribution < 1.29 is 21.6 Å². The number of ether oxygens (including phenoxy) is 1. The lowest BCUT2D eigenvalue weighted by Gasteiger charge is -2.25. The van der Waals surface area contributed by atoms with Crippen molar-refractivity contribution in [3.8, 4) is 0 Å². The maximum absolute atomic E-state index is 12.1. The highest BCUT2D eigenvalue weighted by Gasteiger charge is 2.21. The number of rotatable bonds is 5. The van der Waals surface area contributed by atoms with Crippen LogP contribution in [0.3, 0.4) is 0 Å². The number of hydrogen-bond acceptors (Lipinski definition) is 10. The Labute approximate surface area is 160 Å². The molecule has 0 aliphatic carbocycles. The topological polar surface area (TPSA) is 107 Å². The van der Waals surface area contributed by atoms with Crippen LogP contribution < -0.4 is 4.90 Å². The summed E-state index contributed by atoms with van der Waals surface area (Å²) >= 11 is 2.52. The van der Waals surface area contributed by atoms with Crippen LogP contribution in [-0.2, 0) is 24.4 Å². The van der Waals surface area contributed by atoms with Gasteiger partial charge < -0.3 is 9.64 Å². The highest BCUT2D eigenvalue weighted by Crippen LogP contribution is 2.37. The van der Waals surface area contributed by atoms with Gasteiger partial charge in [0.25, 0.3) is 0 Å². The molecular formula is C14H17N3O5S4. The molecule has 2 heterocycles. The van der Waals surface area contributed by atoms with Gasteiger partial charge in [-0.25, -0.2) is 16.8 Å². The Bertz CT molecular complexity index is 1010. The normalized spacial score (nSPS) is 16.0. The van der Waals surface area contributed by atoms with E-state index >= 15 is 0 Å². The van der Waals surface area contributed by atoms with Gasteiger partial charge in [0.15, 0.2) is 24.0 Å². The van der Waals surface area contributed by atoms with Gasteiger partial charge in [0.2, 0.25) is 5.13 Å². The number of morpholine rings is 1. The third-order valence-electron chi connectivity index (χ3n) is 3.62. The molecule has 0 atom stereocenters. The smallest absolute Gasteiger partial charge is 0.209 e. The number of hydrogen-bond donors (Lipinski definition) is 0. The van der Waals surface area contributed by atoms with Crippen LogP contribution >= 0.6 is 23.1 Å². The minimum atomic E-state index is -3.61. The van der Waals surface area contributed by atoms with E-state index in [-0.39, 0.29) is 9.79 Å². The van der Waals surface area contributed by atoms with Gasteiger partial charge in [-0.05, 0) is 18.2 Å². The first-order chi connectivity index (χ1) is 12.1. The van der Waals surface area contributed by atoms with Crippen LogP contribution in [0.5, 0.6) is 0 Å². The fraction of sp³-hybridized carbons (Fsp3) is 0.429. The van der Waals surface area contributed by atoms with E-state index in [4.69, 9.17) is 4.74 Å². The van der Waals surface area contributed by atoms with Crippen LogP contribution in [0.1, 0.15) is 0 Å². The molecule has 0 unspecified atom stereocenters. The molecule has 2 aromatic rings. The first-order valence-electron chi connectivity index (χ1n) is 7.53. The van der Waals surface area contributed by atoms with E-state index in [1.165, 1.54) is 29.5 Å². The third kappa shape index (κ3) is 4.55. The summed E-state index contributed by atoms with van der Waals surface area (Å²) in [4.78, 5) is 2.42. The number of nitrogens with zero attached hydrogens (tertiary/aromatic N) is 3. The average Bonchev–Trinajstić information content (AvgIpc) is 3.02. The molecule has 1 saturated heterocycles. The summed E-state index contributed by atoms with van der Waals surface area (Å²) < 4.78 is 53.6. The lowest BCUT2D eigenvalue weighted by Crippen LogP contribution is -2.36. The fourth-order valence-electron chi connectivity index (χ4n) is 2.31. The van der Waals surface area contributed by atoms with Gasteiger partial charge in [0, 0.05) is 30.5 Å². The van der Waals surface area contributed by atoms with Crippen LogP contribution in [0.25, 0.3) is 0 Å². The molecule has 1 aromatic heterocycles. The average molecular weight is 436 g/mol. The Balaban J connectivity index is 1.91. The van der Waals surface area contributed by atoms with E-state index in [0.717, 1.165) is 42.5 Å². The van der Waals surface area contributed by atoms with Crippen molar-refractivity contribution in [2.45, 2.75) is 19.0 Å². The molecule has 8 nitrogen and oxygen atoms in total. The lowest BCUT2D eigenvalue weighted by atomic mass is 10.4. The second kappa shape index (κ2) is 7.43. The molecule has 0 amide bonds. The van der Waals surface area contributed by atoms with Crippen LogP contribution in [0, 0.1) is 0 Å². The fourth-order valence-corrected chi connectivity index (χ4v) is 6.24. The predicted molar refractivity (Wildman–Crippen MR) is 99.7 cm³/mol. The maximum atomic E-state index is 12.1. The largest absolute Gasteiger partial charge is 0.378 e. The van der Waals surface area contributed by atoms with E-state index < -0.39 is 19.7 Å². The zero-order valence-electron chi connectivity index (χ0n) is 14.1. The number of benzene rings is 1. The Kier molecular flexibility index (Phi) is 5.58. The molecule has 1 aliphatic heterocycles. The van der Waals surface area contributed by atoms with Crippen molar-refractivity contribution in [1.82, 2.24) is 10.2 Å². The van der Waals surface area contributed by atoms with Gasteiger partial charge in [-0.1, -0.05) is 23.1 Å². The molecule has 0 bridgehead atoms. The Morgan fingerprint density at radius 2 is 1.77 bits per heavy atom. The predicted octanol–water partition coefficient (Wildman–Crippen LogP) is 1.33. The van der Waals surface area contributed by atoms with Crippen LogP contribution in [-0.4, -0.2) is 65.8 Å². The minimum absolute atomic E-state index is 0.0338. The van der Waals surface area contributed by atoms with Gasteiger partial charge in [0.1, 0.15) is 0 Å². The molecule has 12 heteroatoms. The highest BCUT2D eigenvalue weighted by molar-refractivity contribution is 8.01. The molecule has 0 saturated carbocycles. The Morgan fingerprint density at radius 3 is 2.38 bits per heavy atom. The molecule has 142 valence electrons. The third-order valence-corrected chi connectivity index (χ3v) is 8.10. The first kappa shape index (κ1) is 19.5. The lowest BCUT2D eigenvalue weighted by molar-refractivity contribution is 0.122. The number of sulfone groups is 2. The van der Waals surface area contributed by atoms with Crippen LogP contribution in [0.15, 0.2) is 37.2 Å². The zero-order valence-corrected chi connectivity index (χ0v) is 17.3. The van der Waals surface area contributed by atoms with E-state index in [2.05, 4.69) is 15.1 Å². The number of aromatic nitrogens is 2. The molecule has 1 aromatic carbocycles. The van der Waals surface area contributed by atoms with Gasteiger partial charge in [-0.15, -0.1) is 10.2 Å². The van der Waals surface area contributed by atoms with Crippen LogP contribution in [0.4, 0.5) is 5.13 Å². The first-order valence-corrected chi connectivity index (χ1v) is 12.9. The maximum Gasteiger partial charge on any atom is 0.209 e. The minimum Gasteiger partial charge on any atom is -0.378 e. The number of anilines is 1. The Morgan fingerprint density at radius 1 is 1.08 bits per heavy atom. The summed E-state index contributed by atoms with van der Waals surface area (Å²) in [6, 6.07) is 4.08.